The smallest absolute Gasteiger partial charge is 0.131 e. The predicted molar refractivity (Wildman–Crippen MR) is 91.8 cm³/mol. The fourth-order valence-corrected chi connectivity index (χ4v) is 3.63. The molecular formula is C19H25F2N3. The second-order valence-corrected chi connectivity index (χ2v) is 7.96. The molecule has 0 spiro atoms. The van der Waals surface area contributed by atoms with E-state index in [2.05, 4.69) is 35.9 Å². The zero-order valence-corrected chi connectivity index (χ0v) is 14.6. The van der Waals surface area contributed by atoms with Gasteiger partial charge in [-0.15, -0.1) is 0 Å². The largest absolute Gasteiger partial charge is 0.302 e. The van der Waals surface area contributed by atoms with Crippen LogP contribution in [-0.2, 0) is 0 Å². The van der Waals surface area contributed by atoms with Gasteiger partial charge in [0.25, 0.3) is 0 Å². The molecule has 0 radical (unpaired) electrons. The Morgan fingerprint density at radius 3 is 2.79 bits per heavy atom. The first-order valence-electron chi connectivity index (χ1n) is 8.54. The number of aromatic amines is 1. The van der Waals surface area contributed by atoms with E-state index in [1.807, 2.05) is 0 Å². The number of piperidine rings is 1. The summed E-state index contributed by atoms with van der Waals surface area (Å²) < 4.78 is 27.7. The Hall–Kier alpha value is -1.75. The number of hydrogen-bond donors (Lipinski definition) is 1. The quantitative estimate of drug-likeness (QED) is 0.891. The van der Waals surface area contributed by atoms with Crippen LogP contribution >= 0.6 is 0 Å². The molecule has 24 heavy (non-hydrogen) atoms. The number of rotatable bonds is 3. The minimum atomic E-state index is -0.434. The highest BCUT2D eigenvalue weighted by atomic mass is 19.1. The summed E-state index contributed by atoms with van der Waals surface area (Å²) in [5, 5.41) is 7.15. The molecule has 1 aromatic heterocycles. The molecule has 1 saturated heterocycles. The third kappa shape index (κ3) is 3.83. The maximum atomic E-state index is 14.2. The first-order chi connectivity index (χ1) is 11.3. The van der Waals surface area contributed by atoms with Gasteiger partial charge in [0.15, 0.2) is 0 Å². The van der Waals surface area contributed by atoms with Crippen molar-refractivity contribution in [3.8, 4) is 11.1 Å². The van der Waals surface area contributed by atoms with Gasteiger partial charge in [-0.25, -0.2) is 8.78 Å². The van der Waals surface area contributed by atoms with Crippen LogP contribution in [-0.4, -0.2) is 34.7 Å². The van der Waals surface area contributed by atoms with Gasteiger partial charge in [-0.1, -0.05) is 20.8 Å². The highest BCUT2D eigenvalue weighted by Gasteiger charge is 2.28. The van der Waals surface area contributed by atoms with E-state index in [1.54, 1.807) is 6.20 Å². The van der Waals surface area contributed by atoms with Crippen molar-refractivity contribution < 1.29 is 8.78 Å². The normalized spacial score (nSPS) is 19.6. The Bertz CT molecular complexity index is 703. The molecule has 0 amide bonds. The minimum absolute atomic E-state index is 0.243. The van der Waals surface area contributed by atoms with Gasteiger partial charge in [-0.2, -0.15) is 5.10 Å². The molecule has 3 nitrogen and oxygen atoms in total. The summed E-state index contributed by atoms with van der Waals surface area (Å²) in [6.45, 7) is 9.75. The van der Waals surface area contributed by atoms with Crippen LogP contribution in [0.15, 0.2) is 24.4 Å². The van der Waals surface area contributed by atoms with Crippen LogP contribution in [0.3, 0.4) is 0 Å². The first-order valence-corrected chi connectivity index (χ1v) is 8.54. The molecule has 1 unspecified atom stereocenters. The fraction of sp³-hybridized carbons (Fsp3) is 0.526. The Kier molecular flexibility index (Phi) is 4.72. The molecule has 1 aliphatic rings. The van der Waals surface area contributed by atoms with Gasteiger partial charge in [0.05, 0.1) is 6.20 Å². The second-order valence-electron chi connectivity index (χ2n) is 7.96. The fourth-order valence-electron chi connectivity index (χ4n) is 3.63. The number of benzene rings is 1. The van der Waals surface area contributed by atoms with E-state index in [0.29, 0.717) is 5.56 Å². The molecule has 1 aromatic carbocycles. The van der Waals surface area contributed by atoms with Gasteiger partial charge < -0.3 is 4.90 Å². The lowest BCUT2D eigenvalue weighted by atomic mass is 9.88. The number of hydrogen-bond acceptors (Lipinski definition) is 2. The third-order valence-electron chi connectivity index (χ3n) is 4.50. The van der Waals surface area contributed by atoms with E-state index in [-0.39, 0.29) is 16.9 Å². The number of aromatic nitrogens is 2. The SMILES string of the molecule is CC(C)(C)CN1CCCC(c2[nH]ncc2-c2cc(F)ccc2F)C1. The molecule has 1 N–H and O–H groups in total. The van der Waals surface area contributed by atoms with Gasteiger partial charge in [0, 0.05) is 35.8 Å². The van der Waals surface area contributed by atoms with Gasteiger partial charge in [-0.05, 0) is 43.0 Å². The molecule has 5 heteroatoms. The maximum Gasteiger partial charge on any atom is 0.131 e. The number of nitrogens with zero attached hydrogens (tertiary/aromatic N) is 2. The van der Waals surface area contributed by atoms with Crippen LogP contribution in [0.2, 0.25) is 0 Å². The van der Waals surface area contributed by atoms with Crippen LogP contribution in [0.4, 0.5) is 8.78 Å². The van der Waals surface area contributed by atoms with Crippen molar-refractivity contribution in [2.45, 2.75) is 39.5 Å². The average Bonchev–Trinajstić information content (AvgIpc) is 2.97. The molecule has 0 saturated carbocycles. The molecule has 1 fully saturated rings. The summed E-state index contributed by atoms with van der Waals surface area (Å²) in [5.41, 5.74) is 2.12. The second kappa shape index (κ2) is 6.63. The van der Waals surface area contributed by atoms with E-state index >= 15 is 0 Å². The summed E-state index contributed by atoms with van der Waals surface area (Å²) in [5.74, 6) is -0.584. The van der Waals surface area contributed by atoms with Crippen LogP contribution in [0.25, 0.3) is 11.1 Å². The van der Waals surface area contributed by atoms with Crippen LogP contribution in [0, 0.1) is 17.0 Å². The van der Waals surface area contributed by atoms with Crippen molar-refractivity contribution in [2.24, 2.45) is 5.41 Å². The Morgan fingerprint density at radius 1 is 1.25 bits per heavy atom. The molecule has 0 bridgehead atoms. The number of likely N-dealkylation sites (tertiary alicyclic amines) is 1. The van der Waals surface area contributed by atoms with E-state index < -0.39 is 11.6 Å². The molecule has 0 aliphatic carbocycles. The van der Waals surface area contributed by atoms with Gasteiger partial charge in [0.1, 0.15) is 11.6 Å². The van der Waals surface area contributed by atoms with E-state index in [9.17, 15) is 8.78 Å². The van der Waals surface area contributed by atoms with Crippen molar-refractivity contribution in [1.82, 2.24) is 15.1 Å². The van der Waals surface area contributed by atoms with Crippen LogP contribution in [0.1, 0.15) is 45.2 Å². The summed E-state index contributed by atoms with van der Waals surface area (Å²) in [6.07, 6.45) is 3.74. The van der Waals surface area contributed by atoms with Crippen molar-refractivity contribution in [3.63, 3.8) is 0 Å². The summed E-state index contributed by atoms with van der Waals surface area (Å²) in [6, 6.07) is 3.57. The Morgan fingerprint density at radius 2 is 2.04 bits per heavy atom. The zero-order chi connectivity index (χ0) is 17.3. The van der Waals surface area contributed by atoms with Crippen LogP contribution in [0.5, 0.6) is 0 Å². The monoisotopic (exact) mass is 333 g/mol. The third-order valence-corrected chi connectivity index (χ3v) is 4.50. The van der Waals surface area contributed by atoms with E-state index in [0.717, 1.165) is 44.2 Å². The lowest BCUT2D eigenvalue weighted by molar-refractivity contribution is 0.150. The van der Waals surface area contributed by atoms with Gasteiger partial charge >= 0.3 is 0 Å². The van der Waals surface area contributed by atoms with Crippen molar-refractivity contribution in [3.05, 3.63) is 41.7 Å². The van der Waals surface area contributed by atoms with Gasteiger partial charge in [0.2, 0.25) is 0 Å². The molecule has 1 atom stereocenters. The topological polar surface area (TPSA) is 31.9 Å². The van der Waals surface area contributed by atoms with Crippen molar-refractivity contribution in [2.75, 3.05) is 19.6 Å². The summed E-state index contributed by atoms with van der Waals surface area (Å²) >= 11 is 0. The minimum Gasteiger partial charge on any atom is -0.302 e. The highest BCUT2D eigenvalue weighted by molar-refractivity contribution is 5.66. The number of H-pyrrole nitrogens is 1. The van der Waals surface area contributed by atoms with Crippen LogP contribution < -0.4 is 0 Å². The standard InChI is InChI=1S/C19H25F2N3/c1-19(2,3)12-24-8-4-5-13(11-24)18-16(10-22-23-18)15-9-14(20)6-7-17(15)21/h6-7,9-10,13H,4-5,8,11-12H2,1-3H3,(H,22,23). The number of nitrogens with one attached hydrogen (secondary N) is 1. The molecule has 3 rings (SSSR count). The molecule has 2 heterocycles. The van der Waals surface area contributed by atoms with Gasteiger partial charge in [-0.3, -0.25) is 5.10 Å². The lowest BCUT2D eigenvalue weighted by Gasteiger charge is -2.36. The molecular weight excluding hydrogens is 308 g/mol. The van der Waals surface area contributed by atoms with Crippen molar-refractivity contribution >= 4 is 0 Å². The molecule has 2 aromatic rings. The average molecular weight is 333 g/mol. The summed E-state index contributed by atoms with van der Waals surface area (Å²) in [4.78, 5) is 2.46. The highest BCUT2D eigenvalue weighted by Crippen LogP contribution is 2.35. The predicted octanol–water partition coefficient (Wildman–Crippen LogP) is 4.58. The first kappa shape index (κ1) is 17.1. The maximum absolute atomic E-state index is 14.2. The zero-order valence-electron chi connectivity index (χ0n) is 14.6. The Labute approximate surface area is 142 Å². The number of halogens is 2. The molecule has 130 valence electrons. The van der Waals surface area contributed by atoms with Crippen molar-refractivity contribution in [1.29, 1.82) is 0 Å². The Balaban J connectivity index is 1.86. The van der Waals surface area contributed by atoms with E-state index in [1.165, 1.54) is 12.1 Å². The summed E-state index contributed by atoms with van der Waals surface area (Å²) in [7, 11) is 0. The molecule has 1 aliphatic heterocycles. The lowest BCUT2D eigenvalue weighted by Crippen LogP contribution is -2.39. The van der Waals surface area contributed by atoms with E-state index in [4.69, 9.17) is 0 Å².